The Morgan fingerprint density at radius 2 is 1.71 bits per heavy atom. The molecule has 0 aliphatic heterocycles. The minimum atomic E-state index is -0.249. The van der Waals surface area contributed by atoms with E-state index < -0.39 is 0 Å². The predicted molar refractivity (Wildman–Crippen MR) is 55.4 cm³/mol. The van der Waals surface area contributed by atoms with Gasteiger partial charge in [0.15, 0.2) is 0 Å². The zero-order chi connectivity index (χ0) is 9.97. The minimum absolute atomic E-state index is 0.249. The molecule has 1 radical (unpaired) electrons. The molecule has 0 fully saturated rings. The Balaban J connectivity index is 2.40. The second-order valence-corrected chi connectivity index (χ2v) is 3.29. The lowest BCUT2D eigenvalue weighted by Gasteiger charge is -2.00. The fourth-order valence-corrected chi connectivity index (χ4v) is 1.32. The second-order valence-electron chi connectivity index (χ2n) is 3.29. The van der Waals surface area contributed by atoms with Gasteiger partial charge in [-0.2, -0.15) is 0 Å². The third-order valence-electron chi connectivity index (χ3n) is 2.14. The number of halogens is 1. The quantitative estimate of drug-likeness (QED) is 0.636. The number of hydrogen-bond acceptors (Lipinski definition) is 0. The molecule has 0 nitrogen and oxygen atoms in total. The Labute approximate surface area is 83.0 Å². The molecule has 2 rings (SSSR count). The lowest BCUT2D eigenvalue weighted by molar-refractivity contribution is 0.628. The SMILES string of the molecule is Cc1ccc(-c2[c]cc(F)cc2)cc1. The zero-order valence-electron chi connectivity index (χ0n) is 7.92. The van der Waals surface area contributed by atoms with Crippen molar-refractivity contribution < 1.29 is 4.39 Å². The van der Waals surface area contributed by atoms with E-state index in [1.165, 1.54) is 17.7 Å². The molecule has 0 atom stereocenters. The molecule has 0 aliphatic rings. The summed E-state index contributed by atoms with van der Waals surface area (Å²) in [6, 6.07) is 15.5. The van der Waals surface area contributed by atoms with Gasteiger partial charge in [0.05, 0.1) is 0 Å². The van der Waals surface area contributed by atoms with Crippen LogP contribution < -0.4 is 0 Å². The monoisotopic (exact) mass is 185 g/mol. The molecular formula is C13H10F. The molecule has 69 valence electrons. The minimum Gasteiger partial charge on any atom is -0.207 e. The first kappa shape index (κ1) is 8.95. The molecule has 0 bridgehead atoms. The molecule has 0 saturated heterocycles. The first-order chi connectivity index (χ1) is 6.75. The van der Waals surface area contributed by atoms with Gasteiger partial charge in [-0.3, -0.25) is 0 Å². The second kappa shape index (κ2) is 3.62. The van der Waals surface area contributed by atoms with Gasteiger partial charge < -0.3 is 0 Å². The van der Waals surface area contributed by atoms with Gasteiger partial charge in [0.2, 0.25) is 0 Å². The lowest BCUT2D eigenvalue weighted by Crippen LogP contribution is -1.79. The van der Waals surface area contributed by atoms with E-state index in [0.29, 0.717) is 0 Å². The van der Waals surface area contributed by atoms with Crippen molar-refractivity contribution in [2.45, 2.75) is 6.92 Å². The predicted octanol–water partition coefficient (Wildman–Crippen LogP) is 3.60. The third-order valence-corrected chi connectivity index (χ3v) is 2.14. The van der Waals surface area contributed by atoms with E-state index in [9.17, 15) is 4.39 Å². The van der Waals surface area contributed by atoms with Crippen molar-refractivity contribution in [3.05, 3.63) is 59.9 Å². The smallest absolute Gasteiger partial charge is 0.123 e. The molecule has 0 unspecified atom stereocenters. The fourth-order valence-electron chi connectivity index (χ4n) is 1.32. The molecular weight excluding hydrogens is 175 g/mol. The number of aryl methyl sites for hydroxylation is 1. The summed E-state index contributed by atoms with van der Waals surface area (Å²) in [6.45, 7) is 2.04. The lowest BCUT2D eigenvalue weighted by atomic mass is 10.0. The largest absolute Gasteiger partial charge is 0.207 e. The Morgan fingerprint density at radius 3 is 2.29 bits per heavy atom. The summed E-state index contributed by atoms with van der Waals surface area (Å²) in [6.07, 6.45) is 0. The maximum Gasteiger partial charge on any atom is 0.123 e. The number of rotatable bonds is 1. The molecule has 0 heterocycles. The van der Waals surface area contributed by atoms with Crippen LogP contribution in [0.4, 0.5) is 4.39 Å². The van der Waals surface area contributed by atoms with Crippen LogP contribution in [-0.2, 0) is 0 Å². The molecule has 2 aromatic rings. The standard InChI is InChI=1S/C13H10F/c1-10-2-4-11(5-3-10)12-6-8-13(14)9-7-12/h2-6,8-9H,1H3. The first-order valence-corrected chi connectivity index (χ1v) is 4.50. The first-order valence-electron chi connectivity index (χ1n) is 4.50. The summed E-state index contributed by atoms with van der Waals surface area (Å²) in [5, 5.41) is 0. The van der Waals surface area contributed by atoms with Gasteiger partial charge in [-0.05, 0) is 36.2 Å². The highest BCUT2D eigenvalue weighted by atomic mass is 19.1. The molecule has 2 aromatic carbocycles. The van der Waals surface area contributed by atoms with Crippen LogP contribution in [0.3, 0.4) is 0 Å². The van der Waals surface area contributed by atoms with Crippen molar-refractivity contribution in [2.24, 2.45) is 0 Å². The summed E-state index contributed by atoms with van der Waals surface area (Å²) in [5.74, 6) is -0.249. The van der Waals surface area contributed by atoms with E-state index in [1.807, 2.05) is 31.2 Å². The fraction of sp³-hybridized carbons (Fsp3) is 0.0769. The van der Waals surface area contributed by atoms with E-state index in [2.05, 4.69) is 6.07 Å². The van der Waals surface area contributed by atoms with E-state index in [4.69, 9.17) is 0 Å². The Hall–Kier alpha value is -1.63. The summed E-state index contributed by atoms with van der Waals surface area (Å²) in [7, 11) is 0. The van der Waals surface area contributed by atoms with Gasteiger partial charge in [-0.15, -0.1) is 0 Å². The maximum absolute atomic E-state index is 12.6. The molecule has 0 N–H and O–H groups in total. The molecule has 0 aromatic heterocycles. The average molecular weight is 185 g/mol. The van der Waals surface area contributed by atoms with Crippen molar-refractivity contribution in [3.8, 4) is 11.1 Å². The molecule has 0 amide bonds. The highest BCUT2D eigenvalue weighted by Gasteiger charge is 1.97. The van der Waals surface area contributed by atoms with Gasteiger partial charge in [-0.25, -0.2) is 4.39 Å². The van der Waals surface area contributed by atoms with Gasteiger partial charge in [-0.1, -0.05) is 35.9 Å². The van der Waals surface area contributed by atoms with E-state index in [1.54, 1.807) is 6.07 Å². The van der Waals surface area contributed by atoms with Gasteiger partial charge >= 0.3 is 0 Å². The summed E-state index contributed by atoms with van der Waals surface area (Å²) < 4.78 is 12.6. The van der Waals surface area contributed by atoms with Crippen LogP contribution in [0.25, 0.3) is 11.1 Å². The van der Waals surface area contributed by atoms with Gasteiger partial charge in [0.25, 0.3) is 0 Å². The average Bonchev–Trinajstić information content (AvgIpc) is 2.21. The van der Waals surface area contributed by atoms with E-state index in [-0.39, 0.29) is 5.82 Å². The van der Waals surface area contributed by atoms with Crippen LogP contribution in [0.2, 0.25) is 0 Å². The zero-order valence-corrected chi connectivity index (χ0v) is 7.92. The molecule has 0 aliphatic carbocycles. The molecule has 0 spiro atoms. The summed E-state index contributed by atoms with van der Waals surface area (Å²) in [5.41, 5.74) is 3.21. The molecule has 0 saturated carbocycles. The van der Waals surface area contributed by atoms with E-state index in [0.717, 1.165) is 11.1 Å². The molecule has 1 heteroatoms. The Morgan fingerprint density at radius 1 is 1.00 bits per heavy atom. The van der Waals surface area contributed by atoms with Crippen LogP contribution in [0.5, 0.6) is 0 Å². The Bertz CT molecular complexity index is 368. The van der Waals surface area contributed by atoms with Crippen molar-refractivity contribution in [3.63, 3.8) is 0 Å². The van der Waals surface area contributed by atoms with Crippen LogP contribution in [0.15, 0.2) is 42.5 Å². The number of benzene rings is 2. The van der Waals surface area contributed by atoms with Crippen LogP contribution in [0, 0.1) is 18.8 Å². The van der Waals surface area contributed by atoms with Crippen molar-refractivity contribution in [2.75, 3.05) is 0 Å². The topological polar surface area (TPSA) is 0 Å². The highest BCUT2D eigenvalue weighted by Crippen LogP contribution is 2.19. The maximum atomic E-state index is 12.6. The van der Waals surface area contributed by atoms with Crippen molar-refractivity contribution in [1.29, 1.82) is 0 Å². The normalized spacial score (nSPS) is 10.1. The number of hydrogen-bond donors (Lipinski definition) is 0. The summed E-state index contributed by atoms with van der Waals surface area (Å²) >= 11 is 0. The van der Waals surface area contributed by atoms with Crippen molar-refractivity contribution in [1.82, 2.24) is 0 Å². The van der Waals surface area contributed by atoms with Crippen molar-refractivity contribution >= 4 is 0 Å². The Kier molecular flexibility index (Phi) is 2.32. The van der Waals surface area contributed by atoms with Gasteiger partial charge in [0, 0.05) is 0 Å². The highest BCUT2D eigenvalue weighted by molar-refractivity contribution is 5.62. The van der Waals surface area contributed by atoms with Gasteiger partial charge in [0.1, 0.15) is 5.82 Å². The third kappa shape index (κ3) is 1.82. The molecule has 14 heavy (non-hydrogen) atoms. The summed E-state index contributed by atoms with van der Waals surface area (Å²) in [4.78, 5) is 0. The van der Waals surface area contributed by atoms with E-state index >= 15 is 0 Å². The van der Waals surface area contributed by atoms with Crippen LogP contribution in [0.1, 0.15) is 5.56 Å². The van der Waals surface area contributed by atoms with Crippen LogP contribution in [-0.4, -0.2) is 0 Å². The van der Waals surface area contributed by atoms with Crippen LogP contribution >= 0.6 is 0 Å².